The van der Waals surface area contributed by atoms with E-state index in [1.807, 2.05) is 0 Å². The van der Waals surface area contributed by atoms with Gasteiger partial charge in [0.1, 0.15) is 0 Å². The summed E-state index contributed by atoms with van der Waals surface area (Å²) in [5, 5.41) is 13.2. The molecule has 0 saturated heterocycles. The van der Waals surface area contributed by atoms with Gasteiger partial charge in [-0.2, -0.15) is 9.25 Å². The van der Waals surface area contributed by atoms with Gasteiger partial charge in [-0.3, -0.25) is 15.4 Å². The maximum absolute atomic E-state index is 10.6. The van der Waals surface area contributed by atoms with E-state index in [1.165, 1.54) is 0 Å². The van der Waals surface area contributed by atoms with Crippen molar-refractivity contribution in [3.8, 4) is 0 Å². The minimum absolute atomic E-state index is 0.514. The molecule has 0 aromatic carbocycles. The van der Waals surface area contributed by atoms with Crippen molar-refractivity contribution in [2.24, 2.45) is 11.5 Å². The van der Waals surface area contributed by atoms with E-state index in [-0.39, 0.29) is 0 Å². The number of hydrogen-bond donors (Lipinski definition) is 6. The minimum atomic E-state index is -2.89. The van der Waals surface area contributed by atoms with Gasteiger partial charge in [-0.25, -0.2) is 11.0 Å². The van der Waals surface area contributed by atoms with E-state index in [4.69, 9.17) is 22.3 Å². The van der Waals surface area contributed by atoms with Crippen LogP contribution < -0.4 is 22.4 Å². The molecule has 0 amide bonds. The third-order valence-electron chi connectivity index (χ3n) is 0.489. The average molecular weight is 196 g/mol. The Morgan fingerprint density at radius 1 is 1.17 bits per heavy atom. The van der Waals surface area contributed by atoms with E-state index in [0.29, 0.717) is 0 Å². The Bertz CT molecular complexity index is 185. The third-order valence-corrected chi connectivity index (χ3v) is 1.03. The van der Waals surface area contributed by atoms with Crippen LogP contribution in [0.15, 0.2) is 0 Å². The monoisotopic (exact) mass is 196 g/mol. The molecule has 10 heteroatoms. The number of nitrogens with one attached hydrogen (secondary N) is 4. The molecule has 12 heavy (non-hydrogen) atoms. The van der Waals surface area contributed by atoms with Crippen LogP contribution in [-0.2, 0) is 13.8 Å². The highest BCUT2D eigenvalue weighted by atomic mass is 31.1. The number of nitrogens with two attached hydrogens (primary N) is 2. The second-order valence-electron chi connectivity index (χ2n) is 1.49. The summed E-state index contributed by atoms with van der Waals surface area (Å²) in [5.41, 5.74) is 13.1. The van der Waals surface area contributed by atoms with Crippen molar-refractivity contribution in [1.82, 2.24) is 11.0 Å². The first-order chi connectivity index (χ1) is 5.52. The highest BCUT2D eigenvalue weighted by Gasteiger charge is 1.99. The standard InChI is InChI=1S/C2H9N6O3P/c3-1(4)7-10-12(9)11-8-2(5)6/h12H,(H4,3,4,7)(H4,5,6,8). The summed E-state index contributed by atoms with van der Waals surface area (Å²) in [7, 11) is -2.89. The van der Waals surface area contributed by atoms with Gasteiger partial charge in [0, 0.05) is 0 Å². The Hall–Kier alpha value is -1.31. The van der Waals surface area contributed by atoms with Gasteiger partial charge in [0.25, 0.3) is 0 Å². The average Bonchev–Trinajstić information content (AvgIpc) is 1.96. The molecule has 0 fully saturated rings. The zero-order valence-electron chi connectivity index (χ0n) is 5.88. The van der Waals surface area contributed by atoms with Gasteiger partial charge in [-0.15, -0.1) is 0 Å². The summed E-state index contributed by atoms with van der Waals surface area (Å²) >= 11 is 0. The Balaban J connectivity index is 3.47. The van der Waals surface area contributed by atoms with Crippen LogP contribution in [0.5, 0.6) is 0 Å². The normalized spacial score (nSPS) is 11.7. The number of guanidine groups is 2. The molecule has 0 aromatic rings. The van der Waals surface area contributed by atoms with Crippen LogP contribution in [0, 0.1) is 10.8 Å². The molecule has 0 aromatic heterocycles. The van der Waals surface area contributed by atoms with E-state index in [9.17, 15) is 4.57 Å². The predicted molar refractivity (Wildman–Crippen MR) is 41.3 cm³/mol. The van der Waals surface area contributed by atoms with E-state index >= 15 is 0 Å². The molecule has 0 saturated carbocycles. The van der Waals surface area contributed by atoms with Gasteiger partial charge >= 0.3 is 8.25 Å². The number of hydrogen-bond acceptors (Lipinski definition) is 5. The zero-order valence-corrected chi connectivity index (χ0v) is 6.88. The first kappa shape index (κ1) is 10.7. The molecule has 0 aliphatic heterocycles. The first-order valence-electron chi connectivity index (χ1n) is 2.60. The van der Waals surface area contributed by atoms with Crippen molar-refractivity contribution in [1.29, 1.82) is 10.8 Å². The maximum atomic E-state index is 10.6. The van der Waals surface area contributed by atoms with Crippen molar-refractivity contribution >= 4 is 20.2 Å². The van der Waals surface area contributed by atoms with E-state index in [1.54, 1.807) is 11.0 Å². The fraction of sp³-hybridized carbons (Fsp3) is 0. The Morgan fingerprint density at radius 3 is 1.75 bits per heavy atom. The lowest BCUT2D eigenvalue weighted by Gasteiger charge is -2.04. The Labute approximate surface area is 68.3 Å². The van der Waals surface area contributed by atoms with Crippen LogP contribution in [0.4, 0.5) is 0 Å². The summed E-state index contributed by atoms with van der Waals surface area (Å²) in [6.07, 6.45) is 0. The van der Waals surface area contributed by atoms with Gasteiger partial charge < -0.3 is 11.5 Å². The Kier molecular flexibility index (Phi) is 4.77. The maximum Gasteiger partial charge on any atom is 0.361 e. The smallest absolute Gasteiger partial charge is 0.361 e. The van der Waals surface area contributed by atoms with Crippen LogP contribution >= 0.6 is 8.25 Å². The molecule has 9 nitrogen and oxygen atoms in total. The molecule has 0 unspecified atom stereocenters. The SMILES string of the molecule is N=C(N)NO[PH](=O)ONC(=N)N. The van der Waals surface area contributed by atoms with Crippen LogP contribution in [0.2, 0.25) is 0 Å². The van der Waals surface area contributed by atoms with Crippen molar-refractivity contribution in [2.45, 2.75) is 0 Å². The largest absolute Gasteiger partial charge is 0.368 e. The predicted octanol–water partition coefficient (Wildman–Crippen LogP) is -1.79. The number of rotatable bonds is 4. The number of hydroxylamine groups is 2. The van der Waals surface area contributed by atoms with Gasteiger partial charge in [-0.05, 0) is 0 Å². The van der Waals surface area contributed by atoms with Crippen molar-refractivity contribution in [3.05, 3.63) is 0 Å². The molecule has 0 aliphatic rings. The molecule has 0 atom stereocenters. The summed E-state index contributed by atoms with van der Waals surface area (Å²) < 4.78 is 18.9. The van der Waals surface area contributed by atoms with Gasteiger partial charge in [-0.1, -0.05) is 0 Å². The fourth-order valence-corrected chi connectivity index (χ4v) is 0.642. The van der Waals surface area contributed by atoms with Crippen molar-refractivity contribution < 1.29 is 13.8 Å². The summed E-state index contributed by atoms with van der Waals surface area (Å²) in [5.74, 6) is -1.03. The second kappa shape index (κ2) is 5.35. The second-order valence-corrected chi connectivity index (χ2v) is 2.39. The molecule has 0 spiro atoms. The van der Waals surface area contributed by atoms with Crippen LogP contribution in [0.1, 0.15) is 0 Å². The van der Waals surface area contributed by atoms with Crippen LogP contribution in [0.3, 0.4) is 0 Å². The van der Waals surface area contributed by atoms with Gasteiger partial charge in [0.05, 0.1) is 0 Å². The van der Waals surface area contributed by atoms with Gasteiger partial charge in [0.15, 0.2) is 0 Å². The molecule has 0 aliphatic carbocycles. The van der Waals surface area contributed by atoms with E-state index < -0.39 is 20.2 Å². The van der Waals surface area contributed by atoms with Crippen molar-refractivity contribution in [2.75, 3.05) is 0 Å². The first-order valence-corrected chi connectivity index (χ1v) is 3.82. The van der Waals surface area contributed by atoms with E-state index in [0.717, 1.165) is 0 Å². The third kappa shape index (κ3) is 6.81. The van der Waals surface area contributed by atoms with Gasteiger partial charge in [0.2, 0.25) is 11.9 Å². The van der Waals surface area contributed by atoms with Crippen LogP contribution in [-0.4, -0.2) is 11.9 Å². The fourth-order valence-electron chi connectivity index (χ4n) is 0.214. The van der Waals surface area contributed by atoms with Crippen LogP contribution in [0.25, 0.3) is 0 Å². The molecule has 0 bridgehead atoms. The zero-order chi connectivity index (χ0) is 9.56. The Morgan fingerprint density at radius 2 is 1.50 bits per heavy atom. The quantitative estimate of drug-likeness (QED) is 0.134. The highest BCUT2D eigenvalue weighted by Crippen LogP contribution is 2.18. The molecule has 0 heterocycles. The summed E-state index contributed by atoms with van der Waals surface area (Å²) in [6.45, 7) is 0. The van der Waals surface area contributed by atoms with Crippen molar-refractivity contribution in [3.63, 3.8) is 0 Å². The summed E-state index contributed by atoms with van der Waals surface area (Å²) in [4.78, 5) is 0. The molecular formula is C2H9N6O3P. The lowest BCUT2D eigenvalue weighted by Crippen LogP contribution is -2.31. The molecule has 0 rings (SSSR count). The summed E-state index contributed by atoms with van der Waals surface area (Å²) in [6, 6.07) is 0. The molecule has 0 radical (unpaired) electrons. The molecule has 8 N–H and O–H groups in total. The lowest BCUT2D eigenvalue weighted by atomic mass is 11.1. The minimum Gasteiger partial charge on any atom is -0.368 e. The molecule has 70 valence electrons. The highest BCUT2D eigenvalue weighted by molar-refractivity contribution is 7.33. The lowest BCUT2D eigenvalue weighted by molar-refractivity contribution is 0.170. The topological polar surface area (TPSA) is 159 Å². The van der Waals surface area contributed by atoms with E-state index in [2.05, 4.69) is 9.25 Å². The molecular weight excluding hydrogens is 187 g/mol.